The standard InChI is InChI=1S/C17H22O5/c1-11(2)15(19)22-16(3,4)14-10-20-17(5,21-14)12-6-8-13(18)9-7-12/h6-9,14,18H,1,10H2,2-5H3. The highest BCUT2D eigenvalue weighted by Crippen LogP contribution is 2.38. The molecular formula is C17H22O5. The third-order valence-corrected chi connectivity index (χ3v) is 3.75. The molecule has 1 aromatic rings. The summed E-state index contributed by atoms with van der Waals surface area (Å²) in [4.78, 5) is 11.7. The molecule has 1 heterocycles. The van der Waals surface area contributed by atoms with E-state index in [1.54, 1.807) is 52.0 Å². The van der Waals surface area contributed by atoms with E-state index < -0.39 is 23.5 Å². The van der Waals surface area contributed by atoms with Crippen molar-refractivity contribution in [3.8, 4) is 5.75 Å². The Morgan fingerprint density at radius 1 is 1.41 bits per heavy atom. The van der Waals surface area contributed by atoms with Crippen LogP contribution in [0.2, 0.25) is 0 Å². The van der Waals surface area contributed by atoms with E-state index in [0.717, 1.165) is 5.56 Å². The lowest BCUT2D eigenvalue weighted by atomic mass is 10.0. The van der Waals surface area contributed by atoms with Crippen molar-refractivity contribution in [2.45, 2.75) is 45.2 Å². The molecule has 1 aliphatic heterocycles. The molecule has 0 aliphatic carbocycles. The number of carbonyl (C=O) groups is 1. The molecule has 120 valence electrons. The molecule has 1 saturated heterocycles. The predicted octanol–water partition coefficient (Wildman–Crippen LogP) is 2.88. The third-order valence-electron chi connectivity index (χ3n) is 3.75. The number of phenols is 1. The monoisotopic (exact) mass is 306 g/mol. The van der Waals surface area contributed by atoms with Crippen LogP contribution in [0.1, 0.15) is 33.3 Å². The number of ether oxygens (including phenoxy) is 3. The first-order valence-corrected chi connectivity index (χ1v) is 7.14. The Balaban J connectivity index is 2.12. The molecule has 2 unspecified atom stereocenters. The van der Waals surface area contributed by atoms with Gasteiger partial charge in [0.05, 0.1) is 6.61 Å². The molecule has 1 aromatic carbocycles. The maximum absolute atomic E-state index is 11.7. The van der Waals surface area contributed by atoms with Crippen LogP contribution >= 0.6 is 0 Å². The van der Waals surface area contributed by atoms with E-state index in [0.29, 0.717) is 12.2 Å². The molecule has 1 fully saturated rings. The van der Waals surface area contributed by atoms with Crippen LogP contribution in [-0.2, 0) is 24.8 Å². The summed E-state index contributed by atoms with van der Waals surface area (Å²) in [6, 6.07) is 6.63. The fourth-order valence-electron chi connectivity index (χ4n) is 2.22. The maximum Gasteiger partial charge on any atom is 0.333 e. The molecule has 0 radical (unpaired) electrons. The zero-order chi connectivity index (χ0) is 16.5. The summed E-state index contributed by atoms with van der Waals surface area (Å²) in [5, 5.41) is 9.37. The molecule has 22 heavy (non-hydrogen) atoms. The summed E-state index contributed by atoms with van der Waals surface area (Å²) in [7, 11) is 0. The first-order chi connectivity index (χ1) is 10.1. The lowest BCUT2D eigenvalue weighted by Crippen LogP contribution is -2.43. The smallest absolute Gasteiger partial charge is 0.333 e. The Morgan fingerprint density at radius 2 is 2.00 bits per heavy atom. The van der Waals surface area contributed by atoms with Crippen molar-refractivity contribution >= 4 is 5.97 Å². The second-order valence-corrected chi connectivity index (χ2v) is 6.18. The molecular weight excluding hydrogens is 284 g/mol. The van der Waals surface area contributed by atoms with Gasteiger partial charge < -0.3 is 19.3 Å². The van der Waals surface area contributed by atoms with E-state index in [1.165, 1.54) is 0 Å². The number of esters is 1. The molecule has 0 saturated carbocycles. The van der Waals surface area contributed by atoms with Crippen molar-refractivity contribution in [2.24, 2.45) is 0 Å². The fraction of sp³-hybridized carbons (Fsp3) is 0.471. The van der Waals surface area contributed by atoms with Crippen molar-refractivity contribution in [3.05, 3.63) is 42.0 Å². The number of carbonyl (C=O) groups excluding carboxylic acids is 1. The Labute approximate surface area is 130 Å². The topological polar surface area (TPSA) is 65.0 Å². The summed E-state index contributed by atoms with van der Waals surface area (Å²) in [5.74, 6) is -1.21. The van der Waals surface area contributed by atoms with Gasteiger partial charge in [0, 0.05) is 11.1 Å². The molecule has 0 bridgehead atoms. The summed E-state index contributed by atoms with van der Waals surface area (Å²) in [6.07, 6.45) is -0.408. The van der Waals surface area contributed by atoms with Gasteiger partial charge >= 0.3 is 5.97 Å². The molecule has 5 nitrogen and oxygen atoms in total. The summed E-state index contributed by atoms with van der Waals surface area (Å²) >= 11 is 0. The van der Waals surface area contributed by atoms with Gasteiger partial charge in [-0.15, -0.1) is 0 Å². The molecule has 1 N–H and O–H groups in total. The van der Waals surface area contributed by atoms with Gasteiger partial charge in [-0.3, -0.25) is 0 Å². The normalized spacial score (nSPS) is 25.0. The second-order valence-electron chi connectivity index (χ2n) is 6.18. The lowest BCUT2D eigenvalue weighted by Gasteiger charge is -2.32. The number of hydrogen-bond donors (Lipinski definition) is 1. The molecule has 2 rings (SSSR count). The Hall–Kier alpha value is -1.85. The first-order valence-electron chi connectivity index (χ1n) is 7.14. The van der Waals surface area contributed by atoms with Crippen LogP contribution < -0.4 is 0 Å². The Morgan fingerprint density at radius 3 is 2.55 bits per heavy atom. The fourth-order valence-corrected chi connectivity index (χ4v) is 2.22. The van der Waals surface area contributed by atoms with Crippen LogP contribution in [0.4, 0.5) is 0 Å². The van der Waals surface area contributed by atoms with E-state index in [4.69, 9.17) is 14.2 Å². The van der Waals surface area contributed by atoms with Crippen molar-refractivity contribution in [3.63, 3.8) is 0 Å². The minimum Gasteiger partial charge on any atom is -0.508 e. The van der Waals surface area contributed by atoms with Crippen molar-refractivity contribution in [2.75, 3.05) is 6.61 Å². The molecule has 0 aromatic heterocycles. The van der Waals surface area contributed by atoms with Crippen molar-refractivity contribution in [1.82, 2.24) is 0 Å². The van der Waals surface area contributed by atoms with E-state index in [1.807, 2.05) is 0 Å². The number of rotatable bonds is 4. The van der Waals surface area contributed by atoms with Gasteiger partial charge in [-0.1, -0.05) is 6.58 Å². The highest BCUT2D eigenvalue weighted by molar-refractivity contribution is 5.87. The minimum absolute atomic E-state index is 0.178. The van der Waals surface area contributed by atoms with Crippen LogP contribution in [0.5, 0.6) is 5.75 Å². The molecule has 2 atom stereocenters. The Bertz CT molecular complexity index is 575. The largest absolute Gasteiger partial charge is 0.508 e. The predicted molar refractivity (Wildman–Crippen MR) is 81.3 cm³/mol. The third kappa shape index (κ3) is 3.31. The van der Waals surface area contributed by atoms with Crippen molar-refractivity contribution in [1.29, 1.82) is 0 Å². The van der Waals surface area contributed by atoms with Crippen molar-refractivity contribution < 1.29 is 24.1 Å². The molecule has 0 spiro atoms. The van der Waals surface area contributed by atoms with Gasteiger partial charge in [-0.2, -0.15) is 0 Å². The lowest BCUT2D eigenvalue weighted by molar-refractivity contribution is -0.195. The van der Waals surface area contributed by atoms with Gasteiger partial charge in [0.2, 0.25) is 0 Å². The average Bonchev–Trinajstić information content (AvgIpc) is 2.83. The number of hydrogen-bond acceptors (Lipinski definition) is 5. The summed E-state index contributed by atoms with van der Waals surface area (Å²) in [6.45, 7) is 10.8. The van der Waals surface area contributed by atoms with Gasteiger partial charge in [-0.25, -0.2) is 4.79 Å². The number of aromatic hydroxyl groups is 1. The van der Waals surface area contributed by atoms with E-state index in [9.17, 15) is 9.90 Å². The second kappa shape index (κ2) is 5.74. The molecule has 5 heteroatoms. The highest BCUT2D eigenvalue weighted by Gasteiger charge is 2.47. The van der Waals surface area contributed by atoms with Crippen LogP contribution in [0.25, 0.3) is 0 Å². The van der Waals surface area contributed by atoms with Gasteiger partial charge in [0.15, 0.2) is 5.79 Å². The summed E-state index contributed by atoms with van der Waals surface area (Å²) < 4.78 is 17.2. The maximum atomic E-state index is 11.7. The quantitative estimate of drug-likeness (QED) is 0.684. The van der Waals surface area contributed by atoms with Crippen LogP contribution in [-0.4, -0.2) is 29.4 Å². The SMILES string of the molecule is C=C(C)C(=O)OC(C)(C)C1COC(C)(c2ccc(O)cc2)O1. The first kappa shape index (κ1) is 16.5. The van der Waals surface area contributed by atoms with E-state index in [2.05, 4.69) is 6.58 Å². The van der Waals surface area contributed by atoms with Crippen LogP contribution in [0.15, 0.2) is 36.4 Å². The van der Waals surface area contributed by atoms with E-state index >= 15 is 0 Å². The number of benzene rings is 1. The highest BCUT2D eigenvalue weighted by atomic mass is 16.8. The van der Waals surface area contributed by atoms with Gasteiger partial charge in [0.25, 0.3) is 0 Å². The Kier molecular flexibility index (Phi) is 4.31. The number of phenolic OH excluding ortho intramolecular Hbond substituents is 1. The van der Waals surface area contributed by atoms with E-state index in [-0.39, 0.29) is 5.75 Å². The van der Waals surface area contributed by atoms with Gasteiger partial charge in [0.1, 0.15) is 17.5 Å². The minimum atomic E-state index is -0.939. The zero-order valence-electron chi connectivity index (χ0n) is 13.4. The molecule has 1 aliphatic rings. The zero-order valence-corrected chi connectivity index (χ0v) is 13.4. The molecule has 0 amide bonds. The van der Waals surface area contributed by atoms with Gasteiger partial charge in [-0.05, 0) is 52.0 Å². The summed E-state index contributed by atoms with van der Waals surface area (Å²) in [5.41, 5.74) is 0.285. The van der Waals surface area contributed by atoms with Crippen LogP contribution in [0.3, 0.4) is 0 Å². The van der Waals surface area contributed by atoms with Crippen LogP contribution in [0, 0.1) is 0 Å². The average molecular weight is 306 g/mol.